The van der Waals surface area contributed by atoms with Crippen LogP contribution in [0.1, 0.15) is 23.1 Å². The SMILES string of the molecule is COc1ccc(-c2nnc(-c3ccc4c(c3)CCC(N)(CO)C4)o2)cc1C. The number of ether oxygens (including phenoxy) is 1. The highest BCUT2D eigenvalue weighted by atomic mass is 16.5. The van der Waals surface area contributed by atoms with E-state index in [1.54, 1.807) is 7.11 Å². The van der Waals surface area contributed by atoms with Crippen molar-refractivity contribution in [1.82, 2.24) is 10.2 Å². The lowest BCUT2D eigenvalue weighted by Gasteiger charge is -2.33. The van der Waals surface area contributed by atoms with E-state index in [2.05, 4.69) is 16.3 Å². The zero-order valence-corrected chi connectivity index (χ0v) is 15.5. The summed E-state index contributed by atoms with van der Waals surface area (Å²) >= 11 is 0. The van der Waals surface area contributed by atoms with Crippen LogP contribution in [0.3, 0.4) is 0 Å². The van der Waals surface area contributed by atoms with E-state index in [4.69, 9.17) is 14.9 Å². The molecular formula is C21H23N3O3. The number of nitrogens with zero attached hydrogens (tertiary/aromatic N) is 2. The second kappa shape index (κ2) is 6.79. The number of fused-ring (bicyclic) bond motifs is 1. The lowest BCUT2D eigenvalue weighted by Crippen LogP contribution is -2.48. The Morgan fingerprint density at radius 1 is 1.11 bits per heavy atom. The molecule has 1 atom stereocenters. The third-order valence-electron chi connectivity index (χ3n) is 5.27. The van der Waals surface area contributed by atoms with Gasteiger partial charge >= 0.3 is 0 Å². The molecule has 6 nitrogen and oxygen atoms in total. The van der Waals surface area contributed by atoms with Crippen LogP contribution >= 0.6 is 0 Å². The molecule has 140 valence electrons. The first-order valence-electron chi connectivity index (χ1n) is 9.02. The highest BCUT2D eigenvalue weighted by Crippen LogP contribution is 2.32. The summed E-state index contributed by atoms with van der Waals surface area (Å²) in [6.45, 7) is 1.98. The third-order valence-corrected chi connectivity index (χ3v) is 5.27. The van der Waals surface area contributed by atoms with Gasteiger partial charge in [0.1, 0.15) is 5.75 Å². The Bertz CT molecular complexity index is 983. The fraction of sp³-hybridized carbons (Fsp3) is 0.333. The fourth-order valence-corrected chi connectivity index (χ4v) is 3.62. The topological polar surface area (TPSA) is 94.4 Å². The zero-order valence-electron chi connectivity index (χ0n) is 15.5. The quantitative estimate of drug-likeness (QED) is 0.738. The predicted molar refractivity (Wildman–Crippen MR) is 102 cm³/mol. The monoisotopic (exact) mass is 365 g/mol. The Morgan fingerprint density at radius 2 is 1.81 bits per heavy atom. The fourth-order valence-electron chi connectivity index (χ4n) is 3.62. The summed E-state index contributed by atoms with van der Waals surface area (Å²) in [5.41, 5.74) is 10.9. The molecule has 0 aliphatic heterocycles. The number of methoxy groups -OCH3 is 1. The van der Waals surface area contributed by atoms with Gasteiger partial charge in [-0.25, -0.2) is 0 Å². The van der Waals surface area contributed by atoms with Crippen LogP contribution < -0.4 is 10.5 Å². The molecule has 27 heavy (non-hydrogen) atoms. The summed E-state index contributed by atoms with van der Waals surface area (Å²) in [4.78, 5) is 0. The van der Waals surface area contributed by atoms with E-state index in [0.717, 1.165) is 35.3 Å². The minimum Gasteiger partial charge on any atom is -0.496 e. The van der Waals surface area contributed by atoms with E-state index in [1.165, 1.54) is 11.1 Å². The molecule has 6 heteroatoms. The molecule has 1 aromatic heterocycles. The van der Waals surface area contributed by atoms with Crippen molar-refractivity contribution in [2.45, 2.75) is 31.7 Å². The van der Waals surface area contributed by atoms with Crippen molar-refractivity contribution in [3.63, 3.8) is 0 Å². The maximum atomic E-state index is 9.51. The van der Waals surface area contributed by atoms with Gasteiger partial charge in [-0.1, -0.05) is 6.07 Å². The zero-order chi connectivity index (χ0) is 19.0. The average Bonchev–Trinajstić information content (AvgIpc) is 3.18. The number of hydrogen-bond donors (Lipinski definition) is 2. The number of aryl methyl sites for hydroxylation is 2. The minimum absolute atomic E-state index is 0.00247. The van der Waals surface area contributed by atoms with Crippen LogP contribution in [-0.2, 0) is 12.8 Å². The third kappa shape index (κ3) is 3.34. The molecule has 1 heterocycles. The molecule has 0 spiro atoms. The van der Waals surface area contributed by atoms with Crippen LogP contribution in [-0.4, -0.2) is 34.6 Å². The molecule has 4 rings (SSSR count). The summed E-state index contributed by atoms with van der Waals surface area (Å²) < 4.78 is 11.2. The highest BCUT2D eigenvalue weighted by Gasteiger charge is 2.30. The number of aromatic nitrogens is 2. The molecule has 0 fully saturated rings. The van der Waals surface area contributed by atoms with Crippen LogP contribution in [0.2, 0.25) is 0 Å². The van der Waals surface area contributed by atoms with Gasteiger partial charge in [-0.3, -0.25) is 0 Å². The standard InChI is InChI=1S/C21H23N3O3/c1-13-9-15(5-6-18(13)26-2)19-23-24-20(27-19)16-3-4-17-11-21(22,12-25)8-7-14(17)10-16/h3-6,9-10,25H,7-8,11-12,22H2,1-2H3. The lowest BCUT2D eigenvalue weighted by atomic mass is 9.78. The van der Waals surface area contributed by atoms with Gasteiger partial charge < -0.3 is 20.0 Å². The molecule has 1 aliphatic rings. The van der Waals surface area contributed by atoms with Gasteiger partial charge in [-0.05, 0) is 73.2 Å². The van der Waals surface area contributed by atoms with Crippen molar-refractivity contribution >= 4 is 0 Å². The van der Waals surface area contributed by atoms with Crippen LogP contribution in [0.15, 0.2) is 40.8 Å². The molecule has 1 unspecified atom stereocenters. The second-order valence-corrected chi connectivity index (χ2v) is 7.28. The Hall–Kier alpha value is -2.70. The van der Waals surface area contributed by atoms with Crippen LogP contribution in [0.5, 0.6) is 5.75 Å². The van der Waals surface area contributed by atoms with Gasteiger partial charge in [-0.2, -0.15) is 0 Å². The number of nitrogens with two attached hydrogens (primary N) is 1. The van der Waals surface area contributed by atoms with E-state index >= 15 is 0 Å². The molecule has 2 aromatic carbocycles. The van der Waals surface area contributed by atoms with Gasteiger partial charge in [-0.15, -0.1) is 10.2 Å². The summed E-state index contributed by atoms with van der Waals surface area (Å²) in [5.74, 6) is 1.80. The summed E-state index contributed by atoms with van der Waals surface area (Å²) in [5, 5.41) is 17.9. The van der Waals surface area contributed by atoms with Crippen molar-refractivity contribution < 1.29 is 14.3 Å². The largest absolute Gasteiger partial charge is 0.496 e. The molecule has 3 N–H and O–H groups in total. The highest BCUT2D eigenvalue weighted by molar-refractivity contribution is 5.61. The van der Waals surface area contributed by atoms with Gasteiger partial charge in [0.2, 0.25) is 11.8 Å². The first-order valence-corrected chi connectivity index (χ1v) is 9.02. The van der Waals surface area contributed by atoms with E-state index in [1.807, 2.05) is 37.3 Å². The summed E-state index contributed by atoms with van der Waals surface area (Å²) in [7, 11) is 1.65. The van der Waals surface area contributed by atoms with Crippen molar-refractivity contribution in [1.29, 1.82) is 0 Å². The van der Waals surface area contributed by atoms with Crippen molar-refractivity contribution in [2.24, 2.45) is 5.73 Å². The Labute approximate surface area is 158 Å². The van der Waals surface area contributed by atoms with Crippen LogP contribution in [0.4, 0.5) is 0 Å². The van der Waals surface area contributed by atoms with Crippen molar-refractivity contribution in [3.8, 4) is 28.7 Å². The lowest BCUT2D eigenvalue weighted by molar-refractivity contribution is 0.181. The maximum absolute atomic E-state index is 9.51. The summed E-state index contributed by atoms with van der Waals surface area (Å²) in [6.07, 6.45) is 2.28. The molecule has 0 saturated carbocycles. The molecule has 0 amide bonds. The first-order chi connectivity index (χ1) is 13.0. The Kier molecular flexibility index (Phi) is 4.45. The molecule has 0 saturated heterocycles. The minimum atomic E-state index is -0.515. The normalized spacial score (nSPS) is 19.0. The molecule has 1 aliphatic carbocycles. The predicted octanol–water partition coefficient (Wildman–Crippen LogP) is 2.90. The Balaban J connectivity index is 1.62. The van der Waals surface area contributed by atoms with Gasteiger partial charge in [0.15, 0.2) is 0 Å². The summed E-state index contributed by atoms with van der Waals surface area (Å²) in [6, 6.07) is 11.9. The Morgan fingerprint density at radius 3 is 2.48 bits per heavy atom. The van der Waals surface area contributed by atoms with Crippen LogP contribution in [0, 0.1) is 6.92 Å². The molecule has 0 radical (unpaired) electrons. The van der Waals surface area contributed by atoms with Gasteiger partial charge in [0.25, 0.3) is 0 Å². The molecular weight excluding hydrogens is 342 g/mol. The van der Waals surface area contributed by atoms with E-state index in [-0.39, 0.29) is 6.61 Å². The van der Waals surface area contributed by atoms with Crippen molar-refractivity contribution in [2.75, 3.05) is 13.7 Å². The van der Waals surface area contributed by atoms with Crippen LogP contribution in [0.25, 0.3) is 22.9 Å². The number of hydrogen-bond acceptors (Lipinski definition) is 6. The average molecular weight is 365 g/mol. The van der Waals surface area contributed by atoms with Gasteiger partial charge in [0.05, 0.1) is 13.7 Å². The molecule has 0 bridgehead atoms. The number of aliphatic hydroxyl groups excluding tert-OH is 1. The number of benzene rings is 2. The smallest absolute Gasteiger partial charge is 0.248 e. The van der Waals surface area contributed by atoms with E-state index < -0.39 is 5.54 Å². The number of aliphatic hydroxyl groups is 1. The maximum Gasteiger partial charge on any atom is 0.248 e. The van der Waals surface area contributed by atoms with Crippen molar-refractivity contribution in [3.05, 3.63) is 53.1 Å². The van der Waals surface area contributed by atoms with E-state index in [9.17, 15) is 5.11 Å². The first kappa shape index (κ1) is 17.7. The molecule has 3 aromatic rings. The second-order valence-electron chi connectivity index (χ2n) is 7.28. The van der Waals surface area contributed by atoms with E-state index in [0.29, 0.717) is 18.2 Å². The number of rotatable bonds is 4. The van der Waals surface area contributed by atoms with Gasteiger partial charge in [0, 0.05) is 16.7 Å².